The molecule has 0 amide bonds. The molecule has 0 spiro atoms. The molecule has 0 saturated carbocycles. The van der Waals surface area contributed by atoms with Gasteiger partial charge in [-0.2, -0.15) is 5.10 Å². The van der Waals surface area contributed by atoms with Crippen LogP contribution in [0, 0.1) is 0 Å². The minimum absolute atomic E-state index is 0.261. The first kappa shape index (κ1) is 7.78. The van der Waals surface area contributed by atoms with Crippen LogP contribution in [0.25, 0.3) is 0 Å². The van der Waals surface area contributed by atoms with Crippen molar-refractivity contribution in [2.75, 3.05) is 0 Å². The van der Waals surface area contributed by atoms with Gasteiger partial charge < -0.3 is 5.11 Å². The van der Waals surface area contributed by atoms with Crippen LogP contribution >= 0.6 is 0 Å². The van der Waals surface area contributed by atoms with Gasteiger partial charge in [0.25, 0.3) is 0 Å². The predicted octanol–water partition coefficient (Wildman–Crippen LogP) is 0.428. The van der Waals surface area contributed by atoms with Crippen LogP contribution < -0.4 is 5.56 Å². The summed E-state index contributed by atoms with van der Waals surface area (Å²) < 4.78 is 0. The Morgan fingerprint density at radius 2 is 2.45 bits per heavy atom. The first-order valence-electron chi connectivity index (χ1n) is 3.51. The molecule has 0 unspecified atom stereocenters. The fraction of sp³-hybridized carbons (Fsp3) is 0.429. The van der Waals surface area contributed by atoms with Crippen molar-refractivity contribution in [3.63, 3.8) is 0 Å². The molecule has 2 N–H and O–H groups in total. The highest BCUT2D eigenvalue weighted by atomic mass is 16.3. The second kappa shape index (κ2) is 3.18. The third kappa shape index (κ3) is 1.80. The topological polar surface area (TPSA) is 66.0 Å². The molecule has 0 radical (unpaired) electrons. The maximum Gasteiger partial charge on any atom is 0.306 e. The van der Waals surface area contributed by atoms with Crippen LogP contribution in [-0.4, -0.2) is 15.3 Å². The van der Waals surface area contributed by atoms with E-state index >= 15 is 0 Å². The van der Waals surface area contributed by atoms with Crippen LogP contribution in [0.15, 0.2) is 10.9 Å². The van der Waals surface area contributed by atoms with Gasteiger partial charge in [-0.3, -0.25) is 4.79 Å². The Labute approximate surface area is 63.9 Å². The lowest BCUT2D eigenvalue weighted by Gasteiger charge is -1.95. The van der Waals surface area contributed by atoms with Gasteiger partial charge in [0.1, 0.15) is 0 Å². The average molecular weight is 154 g/mol. The molecule has 1 aromatic rings. The number of aryl methyl sites for hydroxylation is 1. The summed E-state index contributed by atoms with van der Waals surface area (Å²) >= 11 is 0. The highest BCUT2D eigenvalue weighted by molar-refractivity contribution is 5.17. The normalized spacial score (nSPS) is 9.91. The number of nitrogens with zero attached hydrogens (tertiary/aromatic N) is 1. The fourth-order valence-electron chi connectivity index (χ4n) is 0.820. The number of aromatic hydroxyl groups is 1. The second-order valence-electron chi connectivity index (χ2n) is 2.32. The monoisotopic (exact) mass is 154 g/mol. The van der Waals surface area contributed by atoms with Gasteiger partial charge in [-0.25, -0.2) is 5.10 Å². The van der Waals surface area contributed by atoms with E-state index in [1.165, 1.54) is 6.07 Å². The maximum atomic E-state index is 10.6. The molecule has 60 valence electrons. The van der Waals surface area contributed by atoms with E-state index in [1.54, 1.807) is 0 Å². The quantitative estimate of drug-likeness (QED) is 0.649. The molecule has 11 heavy (non-hydrogen) atoms. The summed E-state index contributed by atoms with van der Waals surface area (Å²) in [6, 6.07) is 1.39. The number of aromatic nitrogens is 2. The van der Waals surface area contributed by atoms with Gasteiger partial charge >= 0.3 is 5.56 Å². The Hall–Kier alpha value is -1.32. The number of hydrogen-bond donors (Lipinski definition) is 2. The molecule has 1 aromatic heterocycles. The van der Waals surface area contributed by atoms with Crippen molar-refractivity contribution in [2.45, 2.75) is 19.8 Å². The average Bonchev–Trinajstić information content (AvgIpc) is 1.98. The van der Waals surface area contributed by atoms with Gasteiger partial charge in [0.05, 0.1) is 5.69 Å². The van der Waals surface area contributed by atoms with Crippen LogP contribution in [0.2, 0.25) is 0 Å². The Morgan fingerprint density at radius 1 is 1.73 bits per heavy atom. The third-order valence-electron chi connectivity index (χ3n) is 1.34. The van der Waals surface area contributed by atoms with Gasteiger partial charge in [0, 0.05) is 6.07 Å². The maximum absolute atomic E-state index is 10.6. The van der Waals surface area contributed by atoms with Gasteiger partial charge in [0.15, 0.2) is 5.75 Å². The van der Waals surface area contributed by atoms with E-state index < -0.39 is 5.56 Å². The Balaban J connectivity index is 2.96. The standard InChI is InChI=1S/C7H10N2O2/c1-2-3-5-4-6(10)7(11)9-8-5/h4H,2-3H2,1H3,(H,8,10)(H,9,11). The molecule has 1 rings (SSSR count). The second-order valence-corrected chi connectivity index (χ2v) is 2.32. The van der Waals surface area contributed by atoms with Gasteiger partial charge in [-0.1, -0.05) is 13.3 Å². The van der Waals surface area contributed by atoms with E-state index in [4.69, 9.17) is 5.11 Å². The largest absolute Gasteiger partial charge is 0.503 e. The van der Waals surface area contributed by atoms with E-state index in [2.05, 4.69) is 10.2 Å². The first-order valence-corrected chi connectivity index (χ1v) is 3.51. The molecule has 0 atom stereocenters. The molecule has 4 nitrogen and oxygen atoms in total. The highest BCUT2D eigenvalue weighted by Gasteiger charge is 1.98. The lowest BCUT2D eigenvalue weighted by molar-refractivity contribution is 0.462. The van der Waals surface area contributed by atoms with E-state index in [1.807, 2.05) is 6.92 Å². The molecular formula is C7H10N2O2. The van der Waals surface area contributed by atoms with Gasteiger partial charge in [-0.15, -0.1) is 0 Å². The molecule has 0 aliphatic rings. The van der Waals surface area contributed by atoms with Gasteiger partial charge in [0.2, 0.25) is 0 Å². The lowest BCUT2D eigenvalue weighted by atomic mass is 10.2. The SMILES string of the molecule is CCCc1cc(O)c(=O)[nH]n1. The van der Waals surface area contributed by atoms with Crippen LogP contribution in [-0.2, 0) is 6.42 Å². The Bertz CT molecular complexity index is 293. The zero-order valence-corrected chi connectivity index (χ0v) is 6.29. The van der Waals surface area contributed by atoms with Crippen molar-refractivity contribution in [3.05, 3.63) is 22.1 Å². The number of aromatic amines is 1. The van der Waals surface area contributed by atoms with Crippen molar-refractivity contribution in [1.82, 2.24) is 10.2 Å². The summed E-state index contributed by atoms with van der Waals surface area (Å²) in [7, 11) is 0. The Morgan fingerprint density at radius 3 is 3.00 bits per heavy atom. The predicted molar refractivity (Wildman–Crippen MR) is 40.5 cm³/mol. The smallest absolute Gasteiger partial charge is 0.306 e. The molecule has 0 aromatic carbocycles. The van der Waals surface area contributed by atoms with Crippen molar-refractivity contribution in [2.24, 2.45) is 0 Å². The van der Waals surface area contributed by atoms with E-state index in [9.17, 15) is 4.79 Å². The van der Waals surface area contributed by atoms with E-state index in [0.717, 1.165) is 12.8 Å². The summed E-state index contributed by atoms with van der Waals surface area (Å²) in [4.78, 5) is 10.6. The van der Waals surface area contributed by atoms with Crippen LogP contribution in [0.5, 0.6) is 5.75 Å². The van der Waals surface area contributed by atoms with Crippen LogP contribution in [0.1, 0.15) is 19.0 Å². The van der Waals surface area contributed by atoms with Gasteiger partial charge in [-0.05, 0) is 6.42 Å². The molecule has 1 heterocycles. The summed E-state index contributed by atoms with van der Waals surface area (Å²) in [6.45, 7) is 2.00. The molecule has 0 aliphatic heterocycles. The van der Waals surface area contributed by atoms with E-state index in [-0.39, 0.29) is 5.75 Å². The first-order chi connectivity index (χ1) is 5.24. The number of nitrogens with one attached hydrogen (secondary N) is 1. The summed E-state index contributed by atoms with van der Waals surface area (Å²) in [5.41, 5.74) is 0.175. The highest BCUT2D eigenvalue weighted by Crippen LogP contribution is 2.02. The minimum Gasteiger partial charge on any atom is -0.503 e. The van der Waals surface area contributed by atoms with Crippen LogP contribution in [0.3, 0.4) is 0 Å². The summed E-state index contributed by atoms with van der Waals surface area (Å²) in [5.74, 6) is -0.261. The number of hydrogen-bond acceptors (Lipinski definition) is 3. The summed E-state index contributed by atoms with van der Waals surface area (Å²) in [6.07, 6.45) is 1.71. The zero-order valence-electron chi connectivity index (χ0n) is 6.29. The Kier molecular flexibility index (Phi) is 2.25. The molecule has 0 fully saturated rings. The zero-order chi connectivity index (χ0) is 8.27. The van der Waals surface area contributed by atoms with Crippen molar-refractivity contribution in [3.8, 4) is 5.75 Å². The van der Waals surface area contributed by atoms with E-state index in [0.29, 0.717) is 5.69 Å². The third-order valence-corrected chi connectivity index (χ3v) is 1.34. The fourth-order valence-corrected chi connectivity index (χ4v) is 0.820. The molecule has 0 bridgehead atoms. The van der Waals surface area contributed by atoms with Crippen LogP contribution in [0.4, 0.5) is 0 Å². The molecule has 0 saturated heterocycles. The minimum atomic E-state index is -0.537. The number of rotatable bonds is 2. The number of H-pyrrole nitrogens is 1. The lowest BCUT2D eigenvalue weighted by Crippen LogP contribution is -2.08. The summed E-state index contributed by atoms with van der Waals surface area (Å²) in [5, 5.41) is 14.9. The van der Waals surface area contributed by atoms with Crippen molar-refractivity contribution >= 4 is 0 Å². The molecule has 0 aliphatic carbocycles. The van der Waals surface area contributed by atoms with Crippen molar-refractivity contribution < 1.29 is 5.11 Å². The van der Waals surface area contributed by atoms with Crippen molar-refractivity contribution in [1.29, 1.82) is 0 Å². The molecular weight excluding hydrogens is 144 g/mol. The molecule has 4 heteroatoms.